The van der Waals surface area contributed by atoms with Gasteiger partial charge in [-0.15, -0.1) is 0 Å². The summed E-state index contributed by atoms with van der Waals surface area (Å²) in [6.07, 6.45) is -2.40. The molecular formula is C34H29N2PS. The van der Waals surface area contributed by atoms with Crippen LogP contribution in [0, 0.1) is 0 Å². The molecule has 0 unspecified atom stereocenters. The first kappa shape index (κ1) is 24.4. The van der Waals surface area contributed by atoms with E-state index in [-0.39, 0.29) is 0 Å². The highest BCUT2D eigenvalue weighted by Gasteiger charge is 2.30. The zero-order valence-corrected chi connectivity index (χ0v) is 23.2. The van der Waals surface area contributed by atoms with Crippen molar-refractivity contribution in [1.29, 1.82) is 0 Å². The maximum Gasteiger partial charge on any atom is 0.0926 e. The van der Waals surface area contributed by atoms with Gasteiger partial charge in [-0.05, 0) is 33.7 Å². The molecule has 1 N–H and O–H groups in total. The number of anilines is 2. The van der Waals surface area contributed by atoms with E-state index in [0.717, 1.165) is 11.4 Å². The molecule has 0 saturated carbocycles. The van der Waals surface area contributed by atoms with E-state index in [9.17, 15) is 0 Å². The van der Waals surface area contributed by atoms with Gasteiger partial charge in [0.2, 0.25) is 0 Å². The molecule has 0 fully saturated rings. The Labute approximate surface area is 229 Å². The summed E-state index contributed by atoms with van der Waals surface area (Å²) in [6, 6.07) is 47.4. The van der Waals surface area contributed by atoms with Gasteiger partial charge in [0.05, 0.1) is 6.19 Å². The minimum atomic E-state index is -2.40. The molecule has 0 radical (unpaired) electrons. The van der Waals surface area contributed by atoms with E-state index in [2.05, 4.69) is 150 Å². The summed E-state index contributed by atoms with van der Waals surface area (Å²) in [5.74, 6) is 0. The Morgan fingerprint density at radius 1 is 0.553 bits per heavy atom. The van der Waals surface area contributed by atoms with Gasteiger partial charge in [0.1, 0.15) is 0 Å². The molecule has 0 spiro atoms. The minimum absolute atomic E-state index is 1.10. The molecule has 6 aromatic carbocycles. The molecule has 0 aliphatic rings. The van der Waals surface area contributed by atoms with Crippen LogP contribution in [0.5, 0.6) is 0 Å². The predicted octanol–water partition coefficient (Wildman–Crippen LogP) is 8.18. The lowest BCUT2D eigenvalue weighted by atomic mass is 9.91. The maximum atomic E-state index is 6.75. The van der Waals surface area contributed by atoms with Gasteiger partial charge in [0.15, 0.2) is 0 Å². The Bertz CT molecular complexity index is 1760. The summed E-state index contributed by atoms with van der Waals surface area (Å²) in [5, 5.41) is 10.7. The lowest BCUT2D eigenvalue weighted by Gasteiger charge is -2.36. The van der Waals surface area contributed by atoms with Crippen LogP contribution < -0.4 is 20.6 Å². The highest BCUT2D eigenvalue weighted by atomic mass is 32.4. The summed E-state index contributed by atoms with van der Waals surface area (Å²) in [4.78, 5) is 0. The largest absolute Gasteiger partial charge is 0.388 e. The maximum absolute atomic E-state index is 6.75. The van der Waals surface area contributed by atoms with Crippen molar-refractivity contribution in [1.82, 2.24) is 0 Å². The van der Waals surface area contributed by atoms with Crippen LogP contribution in [0.4, 0.5) is 11.4 Å². The Kier molecular flexibility index (Phi) is 6.49. The molecule has 0 heterocycles. The number of fused-ring (bicyclic) bond motifs is 2. The second kappa shape index (κ2) is 10.1. The molecule has 0 bridgehead atoms. The van der Waals surface area contributed by atoms with Crippen LogP contribution in [-0.2, 0) is 11.8 Å². The van der Waals surface area contributed by atoms with Crippen molar-refractivity contribution in [3.8, 4) is 11.1 Å². The van der Waals surface area contributed by atoms with Gasteiger partial charge in [-0.3, -0.25) is 0 Å². The van der Waals surface area contributed by atoms with E-state index in [0.29, 0.717) is 0 Å². The summed E-state index contributed by atoms with van der Waals surface area (Å²) >= 11 is 6.75. The third-order valence-electron chi connectivity index (χ3n) is 7.34. The highest BCUT2D eigenvalue weighted by Crippen LogP contribution is 2.54. The fourth-order valence-corrected chi connectivity index (χ4v) is 9.06. The zero-order chi connectivity index (χ0) is 26.1. The number of nitrogens with zero attached hydrogens (tertiary/aromatic N) is 1. The first-order valence-electron chi connectivity index (χ1n) is 12.8. The van der Waals surface area contributed by atoms with E-state index in [1.807, 2.05) is 7.05 Å². The normalized spacial score (nSPS) is 11.5. The van der Waals surface area contributed by atoms with Crippen LogP contribution in [0.2, 0.25) is 0 Å². The number of hydrogen-bond donors (Lipinski definition) is 1. The number of benzene rings is 6. The summed E-state index contributed by atoms with van der Waals surface area (Å²) in [7, 11) is 4.18. The molecule has 6 aromatic rings. The average Bonchev–Trinajstić information content (AvgIpc) is 3.00. The standard InChI is InChI=1S/C34H29N2PS/c1-35-31-23-21-25-13-9-11-19-29(25)33(31)34-30-20-12-10-14-26(30)22-24-32(34)36(2)37(38,27-15-5-3-6-16-27)28-17-7-4-8-18-28/h3-24,35H,1-2H3. The van der Waals surface area contributed by atoms with Crippen LogP contribution in [0.15, 0.2) is 133 Å². The molecule has 6 rings (SSSR count). The van der Waals surface area contributed by atoms with Gasteiger partial charge in [0.25, 0.3) is 0 Å². The van der Waals surface area contributed by atoms with Crippen LogP contribution in [0.1, 0.15) is 0 Å². The second-order valence-corrected chi connectivity index (χ2v) is 13.8. The van der Waals surface area contributed by atoms with E-state index < -0.39 is 6.19 Å². The first-order chi connectivity index (χ1) is 18.6. The fraction of sp³-hybridized carbons (Fsp3) is 0.0588. The van der Waals surface area contributed by atoms with Crippen LogP contribution >= 0.6 is 6.19 Å². The molecule has 4 heteroatoms. The fourth-order valence-electron chi connectivity index (χ4n) is 5.45. The van der Waals surface area contributed by atoms with E-state index in [1.54, 1.807) is 0 Å². The molecular weight excluding hydrogens is 499 g/mol. The first-order valence-corrected chi connectivity index (χ1v) is 15.6. The number of rotatable bonds is 6. The Morgan fingerprint density at radius 3 is 1.58 bits per heavy atom. The van der Waals surface area contributed by atoms with E-state index in [4.69, 9.17) is 11.8 Å². The van der Waals surface area contributed by atoms with Gasteiger partial charge in [0, 0.05) is 47.2 Å². The SMILES string of the molecule is CNc1ccc2ccccc2c1-c1c(N(C)P(=S)(c2ccccc2)c2ccccc2)ccc2ccccc12. The van der Waals surface area contributed by atoms with Crippen molar-refractivity contribution in [3.63, 3.8) is 0 Å². The zero-order valence-electron chi connectivity index (χ0n) is 21.5. The Hall–Kier alpha value is -3.91. The molecule has 0 amide bonds. The van der Waals surface area contributed by atoms with Gasteiger partial charge in [-0.1, -0.05) is 133 Å². The van der Waals surface area contributed by atoms with E-state index in [1.165, 1.54) is 43.3 Å². The van der Waals surface area contributed by atoms with Crippen molar-refractivity contribution in [2.24, 2.45) is 0 Å². The third kappa shape index (κ3) is 4.00. The molecule has 186 valence electrons. The molecule has 0 saturated heterocycles. The molecule has 2 nitrogen and oxygen atoms in total. The monoisotopic (exact) mass is 528 g/mol. The van der Waals surface area contributed by atoms with Crippen LogP contribution in [-0.4, -0.2) is 14.1 Å². The van der Waals surface area contributed by atoms with Gasteiger partial charge in [-0.25, -0.2) is 0 Å². The third-order valence-corrected chi connectivity index (χ3v) is 12.4. The van der Waals surface area contributed by atoms with Crippen molar-refractivity contribution in [3.05, 3.63) is 133 Å². The molecule has 0 aliphatic heterocycles. The number of nitrogens with one attached hydrogen (secondary N) is 1. The smallest absolute Gasteiger partial charge is 0.0926 e. The van der Waals surface area contributed by atoms with Gasteiger partial charge >= 0.3 is 0 Å². The van der Waals surface area contributed by atoms with Crippen molar-refractivity contribution in [2.75, 3.05) is 24.1 Å². The summed E-state index contributed by atoms with van der Waals surface area (Å²) in [5.41, 5.74) is 4.63. The topological polar surface area (TPSA) is 15.3 Å². The van der Waals surface area contributed by atoms with Crippen molar-refractivity contribution in [2.45, 2.75) is 0 Å². The summed E-state index contributed by atoms with van der Waals surface area (Å²) in [6.45, 7) is 0. The molecule has 0 aromatic heterocycles. The molecule has 0 atom stereocenters. The molecule has 0 aliphatic carbocycles. The summed E-state index contributed by atoms with van der Waals surface area (Å²) < 4.78 is 2.38. The quantitative estimate of drug-likeness (QED) is 0.220. The van der Waals surface area contributed by atoms with Crippen LogP contribution in [0.3, 0.4) is 0 Å². The van der Waals surface area contributed by atoms with Gasteiger partial charge < -0.3 is 9.99 Å². The highest BCUT2D eigenvalue weighted by molar-refractivity contribution is 8.22. The van der Waals surface area contributed by atoms with Gasteiger partial charge in [-0.2, -0.15) is 0 Å². The van der Waals surface area contributed by atoms with Crippen molar-refractivity contribution < 1.29 is 0 Å². The lowest BCUT2D eigenvalue weighted by Crippen LogP contribution is -2.29. The van der Waals surface area contributed by atoms with Crippen LogP contribution in [0.25, 0.3) is 32.7 Å². The number of hydrogen-bond acceptors (Lipinski definition) is 2. The second-order valence-electron chi connectivity index (χ2n) is 9.41. The Morgan fingerprint density at radius 2 is 1.03 bits per heavy atom. The minimum Gasteiger partial charge on any atom is -0.388 e. The lowest BCUT2D eigenvalue weighted by molar-refractivity contribution is 1.35. The average molecular weight is 529 g/mol. The molecule has 38 heavy (non-hydrogen) atoms. The van der Waals surface area contributed by atoms with E-state index >= 15 is 0 Å². The Balaban J connectivity index is 1.72. The predicted molar refractivity (Wildman–Crippen MR) is 171 cm³/mol. The van der Waals surface area contributed by atoms with Crippen molar-refractivity contribution >= 4 is 61.5 Å².